The van der Waals surface area contributed by atoms with Crippen LogP contribution in [0.1, 0.15) is 41.3 Å². The fourth-order valence-electron chi connectivity index (χ4n) is 2.16. The molecule has 0 aliphatic rings. The fraction of sp³-hybridized carbons (Fsp3) is 0.250. The molecular weight excluding hydrogens is 337 g/mol. The molecule has 2 rings (SSSR count). The number of nitriles is 1. The minimum Gasteiger partial charge on any atom is -0.494 e. The molecular formula is C20H18FNO4. The minimum absolute atomic E-state index is 0.0157. The maximum absolute atomic E-state index is 13.7. The van der Waals surface area contributed by atoms with Gasteiger partial charge in [-0.1, -0.05) is 6.07 Å². The molecule has 2 aromatic rings. The minimum atomic E-state index is -0.575. The van der Waals surface area contributed by atoms with Gasteiger partial charge in [0.05, 0.1) is 18.2 Å². The summed E-state index contributed by atoms with van der Waals surface area (Å²) in [5.41, 5.74) is 1.04. The SMILES string of the molecule is CC(=O)c1ccc(OCCCC(=O)OCc2ccc(C#N)cc2F)cc1. The monoisotopic (exact) mass is 355 g/mol. The van der Waals surface area contributed by atoms with Crippen molar-refractivity contribution in [2.75, 3.05) is 6.61 Å². The Balaban J connectivity index is 1.69. The van der Waals surface area contributed by atoms with Crippen LogP contribution in [0, 0.1) is 17.1 Å². The maximum atomic E-state index is 13.7. The number of benzene rings is 2. The van der Waals surface area contributed by atoms with Gasteiger partial charge in [-0.25, -0.2) is 4.39 Å². The molecule has 134 valence electrons. The molecule has 0 saturated carbocycles. The largest absolute Gasteiger partial charge is 0.494 e. The van der Waals surface area contributed by atoms with Gasteiger partial charge in [0.2, 0.25) is 0 Å². The first-order valence-electron chi connectivity index (χ1n) is 8.07. The third-order valence-electron chi connectivity index (χ3n) is 3.63. The quantitative estimate of drug-likeness (QED) is 0.409. The number of nitrogens with zero attached hydrogens (tertiary/aromatic N) is 1. The van der Waals surface area contributed by atoms with E-state index in [1.807, 2.05) is 6.07 Å². The number of esters is 1. The van der Waals surface area contributed by atoms with Crippen molar-refractivity contribution in [2.24, 2.45) is 0 Å². The zero-order valence-electron chi connectivity index (χ0n) is 14.3. The lowest BCUT2D eigenvalue weighted by atomic mass is 10.1. The highest BCUT2D eigenvalue weighted by atomic mass is 19.1. The smallest absolute Gasteiger partial charge is 0.306 e. The lowest BCUT2D eigenvalue weighted by Crippen LogP contribution is -2.08. The predicted molar refractivity (Wildman–Crippen MR) is 92.1 cm³/mol. The zero-order valence-corrected chi connectivity index (χ0v) is 14.3. The van der Waals surface area contributed by atoms with Crippen molar-refractivity contribution in [1.82, 2.24) is 0 Å². The summed E-state index contributed by atoms with van der Waals surface area (Å²) >= 11 is 0. The second-order valence-corrected chi connectivity index (χ2v) is 5.61. The lowest BCUT2D eigenvalue weighted by molar-refractivity contribution is -0.145. The maximum Gasteiger partial charge on any atom is 0.306 e. The van der Waals surface area contributed by atoms with Crippen LogP contribution in [0.5, 0.6) is 5.75 Å². The van der Waals surface area contributed by atoms with E-state index in [1.165, 1.54) is 19.1 Å². The highest BCUT2D eigenvalue weighted by Crippen LogP contribution is 2.14. The molecule has 0 fully saturated rings. The average molecular weight is 355 g/mol. The topological polar surface area (TPSA) is 76.4 Å². The standard InChI is InChI=1S/C20H18FNO4/c1-14(23)16-6-8-18(9-7-16)25-10-2-3-20(24)26-13-17-5-4-15(12-22)11-19(17)21/h4-9,11H,2-3,10,13H2,1H3. The summed E-state index contributed by atoms with van der Waals surface area (Å²) in [4.78, 5) is 22.9. The number of carbonyl (C=O) groups excluding carboxylic acids is 2. The van der Waals surface area contributed by atoms with Gasteiger partial charge >= 0.3 is 5.97 Å². The predicted octanol–water partition coefficient (Wildman–Crippen LogP) is 3.80. The molecule has 0 unspecified atom stereocenters. The van der Waals surface area contributed by atoms with Gasteiger partial charge in [-0.3, -0.25) is 9.59 Å². The van der Waals surface area contributed by atoms with E-state index in [0.29, 0.717) is 24.3 Å². The molecule has 6 heteroatoms. The number of hydrogen-bond acceptors (Lipinski definition) is 5. The molecule has 0 radical (unpaired) electrons. The summed E-state index contributed by atoms with van der Waals surface area (Å²) in [7, 11) is 0. The Morgan fingerprint density at radius 2 is 1.88 bits per heavy atom. The Bertz CT molecular complexity index is 825. The second kappa shape index (κ2) is 9.33. The summed E-state index contributed by atoms with van der Waals surface area (Å²) in [6, 6.07) is 12.6. The van der Waals surface area contributed by atoms with Crippen LogP contribution in [0.3, 0.4) is 0 Å². The molecule has 26 heavy (non-hydrogen) atoms. The molecule has 0 bridgehead atoms. The van der Waals surface area contributed by atoms with E-state index < -0.39 is 11.8 Å². The van der Waals surface area contributed by atoms with Crippen molar-refractivity contribution in [2.45, 2.75) is 26.4 Å². The number of Topliss-reactive ketones (excluding diaryl/α,β-unsaturated/α-hetero) is 1. The highest BCUT2D eigenvalue weighted by Gasteiger charge is 2.08. The Labute approximate surface area is 151 Å². The summed E-state index contributed by atoms with van der Waals surface area (Å²) in [6.07, 6.45) is 0.590. The molecule has 0 aliphatic heterocycles. The van der Waals surface area contributed by atoms with Crippen molar-refractivity contribution in [3.63, 3.8) is 0 Å². The Morgan fingerprint density at radius 3 is 2.50 bits per heavy atom. The van der Waals surface area contributed by atoms with Crippen molar-refractivity contribution in [3.8, 4) is 11.8 Å². The number of halogens is 1. The number of ketones is 1. The normalized spacial score (nSPS) is 10.0. The Kier molecular flexibility index (Phi) is 6.86. The molecule has 0 atom stereocenters. The van der Waals surface area contributed by atoms with Gasteiger partial charge in [0, 0.05) is 17.5 Å². The second-order valence-electron chi connectivity index (χ2n) is 5.61. The van der Waals surface area contributed by atoms with Crippen LogP contribution in [-0.4, -0.2) is 18.4 Å². The highest BCUT2D eigenvalue weighted by molar-refractivity contribution is 5.94. The molecule has 0 spiro atoms. The van der Waals surface area contributed by atoms with Crippen LogP contribution in [0.25, 0.3) is 0 Å². The Morgan fingerprint density at radius 1 is 1.15 bits per heavy atom. The van der Waals surface area contributed by atoms with Gasteiger partial charge in [0.25, 0.3) is 0 Å². The van der Waals surface area contributed by atoms with Crippen molar-refractivity contribution in [1.29, 1.82) is 5.26 Å². The van der Waals surface area contributed by atoms with E-state index in [9.17, 15) is 14.0 Å². The summed E-state index contributed by atoms with van der Waals surface area (Å²) < 4.78 is 24.2. The number of rotatable bonds is 8. The molecule has 5 nitrogen and oxygen atoms in total. The first kappa shape index (κ1) is 19.1. The molecule has 2 aromatic carbocycles. The van der Waals surface area contributed by atoms with Crippen molar-refractivity contribution >= 4 is 11.8 Å². The van der Waals surface area contributed by atoms with Gasteiger partial charge in [0.1, 0.15) is 18.2 Å². The van der Waals surface area contributed by atoms with Crippen LogP contribution in [0.15, 0.2) is 42.5 Å². The van der Waals surface area contributed by atoms with Crippen molar-refractivity contribution in [3.05, 3.63) is 65.0 Å². The van der Waals surface area contributed by atoms with Gasteiger partial charge in [0.15, 0.2) is 5.78 Å². The summed E-state index contributed by atoms with van der Waals surface area (Å²) in [5.74, 6) is -0.431. The van der Waals surface area contributed by atoms with Gasteiger partial charge < -0.3 is 9.47 Å². The molecule has 0 amide bonds. The van der Waals surface area contributed by atoms with E-state index >= 15 is 0 Å². The zero-order chi connectivity index (χ0) is 18.9. The van der Waals surface area contributed by atoms with E-state index in [0.717, 1.165) is 6.07 Å². The van der Waals surface area contributed by atoms with E-state index in [4.69, 9.17) is 14.7 Å². The van der Waals surface area contributed by atoms with Crippen LogP contribution in [-0.2, 0) is 16.1 Å². The first-order valence-corrected chi connectivity index (χ1v) is 8.07. The van der Waals surface area contributed by atoms with Crippen LogP contribution >= 0.6 is 0 Å². The molecule has 0 N–H and O–H groups in total. The van der Waals surface area contributed by atoms with Gasteiger partial charge in [-0.2, -0.15) is 5.26 Å². The summed E-state index contributed by atoms with van der Waals surface area (Å²) in [6.45, 7) is 1.63. The molecule has 0 aromatic heterocycles. The molecule has 0 saturated heterocycles. The Hall–Kier alpha value is -3.20. The number of carbonyl (C=O) groups is 2. The van der Waals surface area contributed by atoms with E-state index in [1.54, 1.807) is 24.3 Å². The average Bonchev–Trinajstić information content (AvgIpc) is 2.64. The van der Waals surface area contributed by atoms with Crippen molar-refractivity contribution < 1.29 is 23.5 Å². The summed E-state index contributed by atoms with van der Waals surface area (Å²) in [5, 5.41) is 8.68. The number of hydrogen-bond donors (Lipinski definition) is 0. The molecule has 0 aliphatic carbocycles. The molecule has 0 heterocycles. The van der Waals surface area contributed by atoms with E-state index in [2.05, 4.69) is 0 Å². The lowest BCUT2D eigenvalue weighted by Gasteiger charge is -2.08. The first-order chi connectivity index (χ1) is 12.5. The van der Waals surface area contributed by atoms with Crippen LogP contribution in [0.4, 0.5) is 4.39 Å². The van der Waals surface area contributed by atoms with Gasteiger partial charge in [-0.15, -0.1) is 0 Å². The van der Waals surface area contributed by atoms with Crippen LogP contribution in [0.2, 0.25) is 0 Å². The van der Waals surface area contributed by atoms with Gasteiger partial charge in [-0.05, 0) is 49.7 Å². The third kappa shape index (κ3) is 5.71. The van der Waals surface area contributed by atoms with Crippen LogP contribution < -0.4 is 4.74 Å². The fourth-order valence-corrected chi connectivity index (χ4v) is 2.16. The van der Waals surface area contributed by atoms with E-state index in [-0.39, 0.29) is 29.9 Å². The third-order valence-corrected chi connectivity index (χ3v) is 3.63. The number of ether oxygens (including phenoxy) is 2.